The van der Waals surface area contributed by atoms with Gasteiger partial charge in [0.05, 0.1) is 0 Å². The average Bonchev–Trinajstić information content (AvgIpc) is 1.61. The van der Waals surface area contributed by atoms with Crippen molar-refractivity contribution in [3.05, 3.63) is 0 Å². The Balaban J connectivity index is 2.34. The van der Waals surface area contributed by atoms with Crippen LogP contribution in [0, 0.1) is 0 Å². The van der Waals surface area contributed by atoms with Gasteiger partial charge in [-0.25, -0.2) is 0 Å². The van der Waals surface area contributed by atoms with Crippen molar-refractivity contribution in [3.8, 4) is 0 Å². The van der Waals surface area contributed by atoms with Gasteiger partial charge in [-0.3, -0.25) is 0 Å². The molecule has 2 radical (unpaired) electrons. The van der Waals surface area contributed by atoms with E-state index in [0.29, 0.717) is 0 Å². The molecule has 0 fully saturated rings. The number of unbranched alkanes of at least 4 members (excludes halogenated alkanes) is 1. The van der Waals surface area contributed by atoms with Gasteiger partial charge in [0.15, 0.2) is 0 Å². The van der Waals surface area contributed by atoms with Crippen LogP contribution in [0.25, 0.3) is 0 Å². The van der Waals surface area contributed by atoms with Gasteiger partial charge in [-0.05, 0) is 0 Å². The van der Waals surface area contributed by atoms with Gasteiger partial charge in [0.25, 0.3) is 0 Å². The van der Waals surface area contributed by atoms with E-state index in [1.54, 1.807) is 0 Å². The van der Waals surface area contributed by atoms with E-state index < -0.39 is 0 Å². The monoisotopic (exact) mass is 282 g/mol. The number of rotatable bonds is 3. The predicted octanol–water partition coefficient (Wildman–Crippen LogP) is 0.619. The summed E-state index contributed by atoms with van der Waals surface area (Å²) >= 11 is 0.738. The summed E-state index contributed by atoms with van der Waals surface area (Å²) in [7, 11) is 0. The first-order valence-electron chi connectivity index (χ1n) is 2.23. The van der Waals surface area contributed by atoms with Gasteiger partial charge in [-0.15, -0.1) is 0 Å². The average molecular weight is 281 g/mol. The summed E-state index contributed by atoms with van der Waals surface area (Å²) in [4.78, 5) is 0. The van der Waals surface area contributed by atoms with E-state index in [0.717, 1.165) is 32.8 Å². The summed E-state index contributed by atoms with van der Waals surface area (Å²) in [6.07, 6.45) is 2.49. The summed E-state index contributed by atoms with van der Waals surface area (Å²) in [5.74, 6) is 0. The van der Waals surface area contributed by atoms with Crippen LogP contribution >= 0.6 is 0 Å². The zero-order chi connectivity index (χ0) is 4.83. The Morgan fingerprint density at radius 3 is 2.50 bits per heavy atom. The molecule has 0 saturated carbocycles. The molecule has 0 aromatic heterocycles. The molecule has 0 bridgehead atoms. The van der Waals surface area contributed by atoms with Crippen molar-refractivity contribution in [1.29, 1.82) is 0 Å². The fraction of sp³-hybridized carbons (Fsp3) is 1.00. The molecule has 6 heavy (non-hydrogen) atoms. The van der Waals surface area contributed by atoms with Crippen molar-refractivity contribution in [2.24, 2.45) is 0 Å². The van der Waals surface area contributed by atoms with Crippen molar-refractivity contribution in [2.75, 3.05) is 6.61 Å². The Morgan fingerprint density at radius 1 is 1.67 bits per heavy atom. The van der Waals surface area contributed by atoms with Gasteiger partial charge < -0.3 is 0 Å². The fourth-order valence-corrected chi connectivity index (χ4v) is 0.876. The first kappa shape index (κ1) is 6.88. The van der Waals surface area contributed by atoms with E-state index in [9.17, 15) is 0 Å². The standard InChI is InChI=1S/C4H9O.Pb.H/c1-2-3-4-5;;/h2-4H2,1H3;;/q-1;+1;. The van der Waals surface area contributed by atoms with E-state index in [1.165, 1.54) is 12.8 Å². The Hall–Kier alpha value is 0.882. The van der Waals surface area contributed by atoms with Crippen LogP contribution in [0.4, 0.5) is 0 Å². The van der Waals surface area contributed by atoms with Crippen LogP contribution in [0.5, 0.6) is 0 Å². The minimum absolute atomic E-state index is 0.738. The van der Waals surface area contributed by atoms with E-state index in [1.807, 2.05) is 0 Å². The normalized spacial score (nSPS) is 9.00. The Morgan fingerprint density at radius 2 is 2.33 bits per heavy atom. The van der Waals surface area contributed by atoms with Crippen LogP contribution in [0.3, 0.4) is 0 Å². The van der Waals surface area contributed by atoms with E-state index in [2.05, 4.69) is 6.92 Å². The van der Waals surface area contributed by atoms with Crippen molar-refractivity contribution >= 4 is 26.2 Å². The Bertz CT molecular complexity index is 19.5. The van der Waals surface area contributed by atoms with Crippen LogP contribution < -0.4 is 0 Å². The third-order valence-corrected chi connectivity index (χ3v) is 1.53. The Labute approximate surface area is 55.4 Å². The fourth-order valence-electron chi connectivity index (χ4n) is 0.228. The zero-order valence-corrected chi connectivity index (χ0v) is 8.60. The van der Waals surface area contributed by atoms with Gasteiger partial charge in [0.2, 0.25) is 0 Å². The molecule has 0 atom stereocenters. The molecule has 1 nitrogen and oxygen atoms in total. The molecule has 0 N–H and O–H groups in total. The SMILES string of the molecule is CCCC[O][PbH]. The molecule has 0 aromatic rings. The second-order valence-electron chi connectivity index (χ2n) is 1.22. The summed E-state index contributed by atoms with van der Waals surface area (Å²) in [6.45, 7) is 3.16. The first-order valence-corrected chi connectivity index (χ1v) is 4.06. The molecule has 0 aliphatic rings. The van der Waals surface area contributed by atoms with Gasteiger partial charge in [-0.2, -0.15) is 0 Å². The third kappa shape index (κ3) is 4.88. The summed E-state index contributed by atoms with van der Waals surface area (Å²) in [5, 5.41) is 0. The Kier molecular flexibility index (Phi) is 6.75. The van der Waals surface area contributed by atoms with E-state index in [4.69, 9.17) is 2.69 Å². The molecule has 2 heteroatoms. The van der Waals surface area contributed by atoms with Crippen molar-refractivity contribution < 1.29 is 2.69 Å². The molecule has 0 aromatic carbocycles. The van der Waals surface area contributed by atoms with Crippen LogP contribution in [0.1, 0.15) is 19.8 Å². The zero-order valence-electron chi connectivity index (χ0n) is 4.11. The number of hydrogen-bond donors (Lipinski definition) is 0. The van der Waals surface area contributed by atoms with Crippen molar-refractivity contribution in [2.45, 2.75) is 19.8 Å². The van der Waals surface area contributed by atoms with Crippen molar-refractivity contribution in [3.63, 3.8) is 0 Å². The van der Waals surface area contributed by atoms with Crippen LogP contribution in [0.2, 0.25) is 0 Å². The van der Waals surface area contributed by atoms with Crippen LogP contribution in [-0.4, -0.2) is 32.8 Å². The van der Waals surface area contributed by atoms with Crippen LogP contribution in [0.15, 0.2) is 0 Å². The topological polar surface area (TPSA) is 9.23 Å². The molecular formula is C4H10OPb. The maximum absolute atomic E-state index is 4.95. The third-order valence-electron chi connectivity index (χ3n) is 0.616. The van der Waals surface area contributed by atoms with Gasteiger partial charge in [-0.1, -0.05) is 0 Å². The summed E-state index contributed by atoms with van der Waals surface area (Å²) in [6, 6.07) is 0. The molecule has 0 heterocycles. The summed E-state index contributed by atoms with van der Waals surface area (Å²) < 4.78 is 4.95. The van der Waals surface area contributed by atoms with E-state index >= 15 is 0 Å². The molecular weight excluding hydrogens is 271 g/mol. The first-order chi connectivity index (χ1) is 2.91. The molecule has 0 aliphatic carbocycles. The molecule has 0 saturated heterocycles. The van der Waals surface area contributed by atoms with Gasteiger partial charge >= 0.3 is 55.3 Å². The molecule has 0 aliphatic heterocycles. The van der Waals surface area contributed by atoms with Crippen LogP contribution in [-0.2, 0) is 2.69 Å². The van der Waals surface area contributed by atoms with Gasteiger partial charge in [0, 0.05) is 0 Å². The molecule has 0 amide bonds. The summed E-state index contributed by atoms with van der Waals surface area (Å²) in [5.41, 5.74) is 0. The second kappa shape index (κ2) is 5.88. The molecule has 0 spiro atoms. The second-order valence-corrected chi connectivity index (χ2v) is 2.52. The van der Waals surface area contributed by atoms with Gasteiger partial charge in [0.1, 0.15) is 0 Å². The molecule has 36 valence electrons. The maximum atomic E-state index is 4.95. The molecule has 0 rings (SSSR count). The van der Waals surface area contributed by atoms with E-state index in [-0.39, 0.29) is 0 Å². The quantitative estimate of drug-likeness (QED) is 0.544. The number of hydrogen-bond acceptors (Lipinski definition) is 1. The molecule has 0 unspecified atom stereocenters. The van der Waals surface area contributed by atoms with Crippen molar-refractivity contribution in [1.82, 2.24) is 0 Å². The minimum atomic E-state index is 0.738. The predicted molar refractivity (Wildman–Crippen MR) is 28.0 cm³/mol.